The first kappa shape index (κ1) is 20.5. The molecule has 1 aliphatic carbocycles. The van der Waals surface area contributed by atoms with E-state index in [2.05, 4.69) is 44.8 Å². The van der Waals surface area contributed by atoms with Gasteiger partial charge in [0.15, 0.2) is 0 Å². The molecular weight excluding hydrogens is 398 g/mol. The highest BCUT2D eigenvalue weighted by Gasteiger charge is 2.47. The zero-order chi connectivity index (χ0) is 21.7. The smallest absolute Gasteiger partial charge is 0.254 e. The van der Waals surface area contributed by atoms with Crippen LogP contribution in [-0.2, 0) is 11.3 Å². The number of carbonyl (C=O) groups is 1. The molecule has 3 fully saturated rings. The lowest BCUT2D eigenvalue weighted by Gasteiger charge is -2.54. The molecule has 3 aliphatic heterocycles. The molecule has 0 spiro atoms. The van der Waals surface area contributed by atoms with Crippen LogP contribution in [0.3, 0.4) is 0 Å². The molecule has 1 amide bonds. The summed E-state index contributed by atoms with van der Waals surface area (Å²) in [6, 6.07) is 9.39. The molecule has 0 unspecified atom stereocenters. The Labute approximate surface area is 191 Å². The number of nitrogens with zero attached hydrogens (tertiary/aromatic N) is 3. The number of amides is 1. The minimum atomic E-state index is 0.209. The third-order valence-electron chi connectivity index (χ3n) is 8.48. The van der Waals surface area contributed by atoms with Gasteiger partial charge in [0.2, 0.25) is 0 Å². The molecule has 4 heterocycles. The highest BCUT2D eigenvalue weighted by Crippen LogP contribution is 2.45. The second-order valence-electron chi connectivity index (χ2n) is 10.3. The van der Waals surface area contributed by atoms with Crippen LogP contribution in [0.25, 0.3) is 10.9 Å². The quantitative estimate of drug-likeness (QED) is 0.674. The maximum Gasteiger partial charge on any atom is 0.254 e. The topological polar surface area (TPSA) is 37.7 Å². The van der Waals surface area contributed by atoms with Crippen LogP contribution in [0.1, 0.15) is 48.9 Å². The highest BCUT2D eigenvalue weighted by atomic mass is 16.5. The van der Waals surface area contributed by atoms with Crippen molar-refractivity contribution < 1.29 is 9.53 Å². The van der Waals surface area contributed by atoms with E-state index in [1.54, 1.807) is 12.7 Å². The third kappa shape index (κ3) is 3.41. The number of aromatic nitrogens is 1. The fourth-order valence-corrected chi connectivity index (χ4v) is 7.07. The van der Waals surface area contributed by atoms with Gasteiger partial charge in [-0.05, 0) is 74.1 Å². The summed E-state index contributed by atoms with van der Waals surface area (Å²) >= 11 is 0. The molecule has 4 aliphatic rings. The molecule has 0 N–H and O–H groups in total. The molecular formula is C27H35N3O2. The Hall–Kier alpha value is -2.11. The minimum absolute atomic E-state index is 0.209. The first-order valence-corrected chi connectivity index (χ1v) is 12.6. The lowest BCUT2D eigenvalue weighted by molar-refractivity contribution is 0.00148. The van der Waals surface area contributed by atoms with Crippen LogP contribution >= 0.6 is 0 Å². The van der Waals surface area contributed by atoms with E-state index in [1.807, 2.05) is 6.07 Å². The van der Waals surface area contributed by atoms with Crippen LogP contribution in [0.15, 0.2) is 42.1 Å². The molecule has 0 saturated carbocycles. The number of rotatable bonds is 4. The van der Waals surface area contributed by atoms with Gasteiger partial charge in [-0.3, -0.25) is 9.69 Å². The Morgan fingerprint density at radius 1 is 1.16 bits per heavy atom. The monoisotopic (exact) mass is 433 g/mol. The number of hydrogen-bond acceptors (Lipinski definition) is 3. The predicted molar refractivity (Wildman–Crippen MR) is 127 cm³/mol. The zero-order valence-corrected chi connectivity index (χ0v) is 19.2. The molecule has 170 valence electrons. The molecule has 4 atom stereocenters. The van der Waals surface area contributed by atoms with E-state index in [9.17, 15) is 4.79 Å². The van der Waals surface area contributed by atoms with Crippen molar-refractivity contribution in [3.63, 3.8) is 0 Å². The number of ether oxygens (including phenoxy) is 1. The van der Waals surface area contributed by atoms with Crippen molar-refractivity contribution in [3.8, 4) is 0 Å². The van der Waals surface area contributed by atoms with Gasteiger partial charge in [0, 0.05) is 50.1 Å². The number of methoxy groups -OCH3 is 1. The predicted octanol–water partition coefficient (Wildman–Crippen LogP) is 4.32. The van der Waals surface area contributed by atoms with Gasteiger partial charge < -0.3 is 14.2 Å². The van der Waals surface area contributed by atoms with Gasteiger partial charge in [0.05, 0.1) is 12.6 Å². The van der Waals surface area contributed by atoms with E-state index in [0.29, 0.717) is 24.5 Å². The molecule has 0 radical (unpaired) electrons. The fourth-order valence-electron chi connectivity index (χ4n) is 7.07. The van der Waals surface area contributed by atoms with Crippen molar-refractivity contribution in [2.75, 3.05) is 33.4 Å². The summed E-state index contributed by atoms with van der Waals surface area (Å²) < 4.78 is 7.46. The maximum atomic E-state index is 13.8. The van der Waals surface area contributed by atoms with Crippen molar-refractivity contribution in [3.05, 3.63) is 47.7 Å². The zero-order valence-electron chi connectivity index (χ0n) is 19.2. The molecule has 2 aromatic rings. The van der Waals surface area contributed by atoms with Crippen molar-refractivity contribution in [2.45, 2.75) is 57.2 Å². The van der Waals surface area contributed by atoms with Crippen molar-refractivity contribution in [1.82, 2.24) is 14.4 Å². The second-order valence-corrected chi connectivity index (χ2v) is 10.3. The average Bonchev–Trinajstić information content (AvgIpc) is 3.24. The summed E-state index contributed by atoms with van der Waals surface area (Å²) in [5.41, 5.74) is 3.50. The van der Waals surface area contributed by atoms with Gasteiger partial charge in [-0.25, -0.2) is 0 Å². The van der Waals surface area contributed by atoms with Crippen LogP contribution < -0.4 is 0 Å². The molecule has 2 bridgehead atoms. The van der Waals surface area contributed by atoms with Gasteiger partial charge in [-0.15, -0.1) is 0 Å². The van der Waals surface area contributed by atoms with Gasteiger partial charge in [0.1, 0.15) is 0 Å². The van der Waals surface area contributed by atoms with Crippen molar-refractivity contribution in [2.24, 2.45) is 11.8 Å². The van der Waals surface area contributed by atoms with Gasteiger partial charge >= 0.3 is 0 Å². The molecule has 3 saturated heterocycles. The molecule has 1 aromatic carbocycles. The first-order chi connectivity index (χ1) is 15.7. The van der Waals surface area contributed by atoms with E-state index in [-0.39, 0.29) is 5.91 Å². The average molecular weight is 434 g/mol. The fraction of sp³-hybridized carbons (Fsp3) is 0.593. The van der Waals surface area contributed by atoms with E-state index in [4.69, 9.17) is 4.74 Å². The van der Waals surface area contributed by atoms with Crippen LogP contribution in [0.5, 0.6) is 0 Å². The largest absolute Gasteiger partial charge is 0.383 e. The Bertz CT molecular complexity index is 1040. The summed E-state index contributed by atoms with van der Waals surface area (Å²) in [5, 5.41) is 1.18. The number of hydrogen-bond donors (Lipinski definition) is 0. The Morgan fingerprint density at radius 3 is 3.00 bits per heavy atom. The van der Waals surface area contributed by atoms with E-state index in [1.165, 1.54) is 50.6 Å². The van der Waals surface area contributed by atoms with Gasteiger partial charge in [-0.2, -0.15) is 0 Å². The molecule has 32 heavy (non-hydrogen) atoms. The first-order valence-electron chi connectivity index (χ1n) is 12.6. The minimum Gasteiger partial charge on any atom is -0.383 e. The van der Waals surface area contributed by atoms with Crippen molar-refractivity contribution >= 4 is 16.8 Å². The normalized spacial score (nSPS) is 30.0. The van der Waals surface area contributed by atoms with Crippen LogP contribution in [-0.4, -0.2) is 65.7 Å². The van der Waals surface area contributed by atoms with Crippen LogP contribution in [0.2, 0.25) is 0 Å². The lowest BCUT2D eigenvalue weighted by Crippen LogP contribution is -2.60. The van der Waals surface area contributed by atoms with Crippen LogP contribution in [0.4, 0.5) is 0 Å². The maximum absolute atomic E-state index is 13.8. The lowest BCUT2D eigenvalue weighted by atomic mass is 9.68. The van der Waals surface area contributed by atoms with E-state index in [0.717, 1.165) is 36.6 Å². The Morgan fingerprint density at radius 2 is 2.09 bits per heavy atom. The number of piperidine rings is 3. The van der Waals surface area contributed by atoms with Crippen molar-refractivity contribution in [1.29, 1.82) is 0 Å². The summed E-state index contributed by atoms with van der Waals surface area (Å²) in [6.45, 7) is 4.78. The molecule has 5 nitrogen and oxygen atoms in total. The molecule has 5 heteroatoms. The standard InChI is InChI=1S/C27H35N3O2/c1-32-14-13-28-12-9-19-7-8-21(17-25(19)28)27(31)30-11-4-5-20-15-22-16-23(26(20)30)18-29-10-3-2-6-24(22)29/h7-9,12,15,17,22-24,26H,2-6,10-11,13-14,16,18H2,1H3/t22-,23+,24-,26+/m0/s1. The summed E-state index contributed by atoms with van der Waals surface area (Å²) in [5.74, 6) is 1.50. The van der Waals surface area contributed by atoms with E-state index >= 15 is 0 Å². The number of likely N-dealkylation sites (tertiary alicyclic amines) is 1. The van der Waals surface area contributed by atoms with Gasteiger partial charge in [0.25, 0.3) is 5.91 Å². The van der Waals surface area contributed by atoms with E-state index < -0.39 is 0 Å². The molecule has 1 aromatic heterocycles. The highest BCUT2D eigenvalue weighted by molar-refractivity contribution is 5.98. The summed E-state index contributed by atoms with van der Waals surface area (Å²) in [7, 11) is 1.73. The third-order valence-corrected chi connectivity index (χ3v) is 8.48. The van der Waals surface area contributed by atoms with Gasteiger partial charge in [-0.1, -0.05) is 24.1 Å². The molecule has 6 rings (SSSR count). The summed E-state index contributed by atoms with van der Waals surface area (Å²) in [4.78, 5) is 18.8. The Balaban J connectivity index is 1.30. The number of benzene rings is 1. The Kier molecular flexibility index (Phi) is 5.34. The number of carbonyl (C=O) groups excluding carboxylic acids is 1. The van der Waals surface area contributed by atoms with Crippen LogP contribution in [0, 0.1) is 11.8 Å². The SMILES string of the molecule is COCCn1ccc2ccc(C(=O)N3CCCC4=C[C@H]5C[C@H](CN6CCCC[C@@H]56)[C@@H]43)cc21. The second kappa shape index (κ2) is 8.35. The number of fused-ring (bicyclic) bond motifs is 7. The summed E-state index contributed by atoms with van der Waals surface area (Å²) in [6.07, 6.45) is 12.3.